The number of aryl methyl sites for hydroxylation is 1. The van der Waals surface area contributed by atoms with Crippen LogP contribution in [0, 0.1) is 30.6 Å². The van der Waals surface area contributed by atoms with E-state index in [1.54, 1.807) is 0 Å². The number of carboxylic acids is 1. The van der Waals surface area contributed by atoms with Crippen LogP contribution in [-0.4, -0.2) is 28.9 Å². The first-order valence-corrected chi connectivity index (χ1v) is 11.4. The van der Waals surface area contributed by atoms with E-state index in [1.807, 2.05) is 26.0 Å². The molecule has 0 radical (unpaired) electrons. The number of thiophene rings is 1. The summed E-state index contributed by atoms with van der Waals surface area (Å²) in [5.41, 5.74) is 1.52. The first-order valence-electron chi connectivity index (χ1n) is 10.6. The van der Waals surface area contributed by atoms with Crippen LogP contribution >= 0.6 is 11.3 Å². The highest BCUT2D eigenvalue weighted by molar-refractivity contribution is 7.16. The van der Waals surface area contributed by atoms with Gasteiger partial charge in [0.15, 0.2) is 0 Å². The van der Waals surface area contributed by atoms with E-state index in [-0.39, 0.29) is 29.7 Å². The van der Waals surface area contributed by atoms with Gasteiger partial charge < -0.3 is 15.7 Å². The van der Waals surface area contributed by atoms with Gasteiger partial charge in [-0.05, 0) is 50.0 Å². The van der Waals surface area contributed by atoms with E-state index in [0.717, 1.165) is 36.1 Å². The summed E-state index contributed by atoms with van der Waals surface area (Å²) in [6.07, 6.45) is 9.58. The number of allylic oxidation sites excluding steroid dienone is 2. The zero-order chi connectivity index (χ0) is 20.7. The number of carbonyl (C=O) groups excluding carboxylic acids is 2. The first-order chi connectivity index (χ1) is 13.9. The molecular weight excluding hydrogens is 388 g/mol. The lowest BCUT2D eigenvalue weighted by molar-refractivity contribution is -0.146. The number of nitrogens with one attached hydrogen (secondary N) is 2. The van der Waals surface area contributed by atoms with Gasteiger partial charge in [-0.1, -0.05) is 31.9 Å². The van der Waals surface area contributed by atoms with Crippen molar-refractivity contribution in [2.45, 2.75) is 58.4 Å². The molecule has 0 aromatic carbocycles. The predicted octanol–water partition coefficient (Wildman–Crippen LogP) is 3.75. The number of carbonyl (C=O) groups is 3. The highest BCUT2D eigenvalue weighted by Gasteiger charge is 2.51. The molecule has 156 valence electrons. The number of anilines is 1. The molecule has 0 spiro atoms. The monoisotopic (exact) mass is 416 g/mol. The fourth-order valence-electron chi connectivity index (χ4n) is 5.37. The van der Waals surface area contributed by atoms with Crippen LogP contribution < -0.4 is 10.6 Å². The average molecular weight is 417 g/mol. The Morgan fingerprint density at radius 3 is 2.41 bits per heavy atom. The van der Waals surface area contributed by atoms with Gasteiger partial charge in [-0.15, -0.1) is 11.3 Å². The van der Waals surface area contributed by atoms with Crippen LogP contribution in [0.1, 0.15) is 59.8 Å². The summed E-state index contributed by atoms with van der Waals surface area (Å²) < 4.78 is 0. The zero-order valence-electron chi connectivity index (χ0n) is 16.9. The highest BCUT2D eigenvalue weighted by atomic mass is 32.1. The molecule has 29 heavy (non-hydrogen) atoms. The van der Waals surface area contributed by atoms with Crippen LogP contribution in [0.15, 0.2) is 12.2 Å². The maximum atomic E-state index is 13.1. The number of aliphatic carboxylic acids is 1. The lowest BCUT2D eigenvalue weighted by Gasteiger charge is -2.24. The second-order valence-corrected chi connectivity index (χ2v) is 9.70. The third-order valence-corrected chi connectivity index (χ3v) is 7.83. The molecule has 3 N–H and O–H groups in total. The maximum absolute atomic E-state index is 13.1. The molecule has 1 aromatic rings. The minimum absolute atomic E-state index is 0.0384. The Morgan fingerprint density at radius 2 is 1.79 bits per heavy atom. The third kappa shape index (κ3) is 3.61. The van der Waals surface area contributed by atoms with Crippen LogP contribution in [0.4, 0.5) is 5.00 Å². The van der Waals surface area contributed by atoms with Crippen molar-refractivity contribution in [2.24, 2.45) is 23.7 Å². The van der Waals surface area contributed by atoms with Gasteiger partial charge in [-0.2, -0.15) is 0 Å². The van der Waals surface area contributed by atoms with E-state index in [9.17, 15) is 19.5 Å². The first kappa shape index (κ1) is 20.1. The van der Waals surface area contributed by atoms with Gasteiger partial charge in [-0.25, -0.2) is 0 Å². The number of fused-ring (bicyclic) bond motifs is 2. The zero-order valence-corrected chi connectivity index (χ0v) is 17.7. The Hall–Kier alpha value is -2.15. The number of carboxylic acid groups (broad SMARTS) is 1. The van der Waals surface area contributed by atoms with Gasteiger partial charge in [0.25, 0.3) is 5.91 Å². The number of amides is 2. The molecular formula is C22H28N2O4S. The molecule has 7 heteroatoms. The van der Waals surface area contributed by atoms with E-state index in [0.29, 0.717) is 23.4 Å². The Morgan fingerprint density at radius 1 is 1.14 bits per heavy atom. The topological polar surface area (TPSA) is 95.5 Å². The second kappa shape index (κ2) is 7.94. The molecule has 3 aliphatic rings. The van der Waals surface area contributed by atoms with Crippen LogP contribution in [0.2, 0.25) is 0 Å². The van der Waals surface area contributed by atoms with Gasteiger partial charge in [0.2, 0.25) is 5.91 Å². The Bertz CT molecular complexity index is 868. The third-order valence-electron chi connectivity index (χ3n) is 6.76. The van der Waals surface area contributed by atoms with Gasteiger partial charge in [0.05, 0.1) is 17.4 Å². The standard InChI is InChI=1S/C22H28N2O4S/c1-3-15-11(2)29-21(18(15)20(26)23-14-6-4-5-7-14)24-19(25)16-12-8-9-13(10-12)17(16)22(27)28/h8-9,12-14,16-17H,3-7,10H2,1-2H3,(H,23,26)(H,24,25)(H,27,28)/t12-,13-,16-,17-/m0/s1. The minimum Gasteiger partial charge on any atom is -0.481 e. The summed E-state index contributed by atoms with van der Waals surface area (Å²) in [7, 11) is 0. The molecule has 1 heterocycles. The van der Waals surface area contributed by atoms with Crippen LogP contribution in [0.5, 0.6) is 0 Å². The summed E-state index contributed by atoms with van der Waals surface area (Å²) in [5.74, 6) is -2.71. The van der Waals surface area contributed by atoms with Gasteiger partial charge in [0.1, 0.15) is 5.00 Å². The molecule has 2 bridgehead atoms. The molecule has 2 saturated carbocycles. The predicted molar refractivity (Wildman–Crippen MR) is 112 cm³/mol. The summed E-state index contributed by atoms with van der Waals surface area (Å²) in [4.78, 5) is 38.9. The Balaban J connectivity index is 1.58. The minimum atomic E-state index is -0.919. The van der Waals surface area contributed by atoms with E-state index >= 15 is 0 Å². The van der Waals surface area contributed by atoms with Crippen molar-refractivity contribution in [1.82, 2.24) is 5.32 Å². The van der Waals surface area contributed by atoms with Gasteiger partial charge in [0, 0.05) is 10.9 Å². The molecule has 0 aliphatic heterocycles. The molecule has 2 amide bonds. The largest absolute Gasteiger partial charge is 0.481 e. The molecule has 0 unspecified atom stereocenters. The number of hydrogen-bond acceptors (Lipinski definition) is 4. The van der Waals surface area contributed by atoms with Crippen molar-refractivity contribution < 1.29 is 19.5 Å². The molecule has 4 atom stereocenters. The summed E-state index contributed by atoms with van der Waals surface area (Å²) in [6.45, 7) is 3.97. The Kier molecular flexibility index (Phi) is 5.51. The van der Waals surface area contributed by atoms with E-state index < -0.39 is 17.8 Å². The summed E-state index contributed by atoms with van der Waals surface area (Å²) in [5, 5.41) is 16.3. The summed E-state index contributed by atoms with van der Waals surface area (Å²) in [6, 6.07) is 0.197. The van der Waals surface area contributed by atoms with Crippen molar-refractivity contribution in [3.63, 3.8) is 0 Å². The van der Waals surface area contributed by atoms with Crippen molar-refractivity contribution in [3.05, 3.63) is 28.2 Å². The highest BCUT2D eigenvalue weighted by Crippen LogP contribution is 2.49. The fraction of sp³-hybridized carbons (Fsp3) is 0.591. The second-order valence-electron chi connectivity index (χ2n) is 8.48. The molecule has 3 aliphatic carbocycles. The van der Waals surface area contributed by atoms with Crippen molar-refractivity contribution in [3.8, 4) is 0 Å². The SMILES string of the molecule is CCc1c(C)sc(NC(=O)[C@@H]2[C@@H](C(=O)O)[C@H]3C=C[C@H]2C3)c1C(=O)NC1CCCC1. The van der Waals surface area contributed by atoms with E-state index in [1.165, 1.54) is 11.3 Å². The van der Waals surface area contributed by atoms with Crippen LogP contribution in [-0.2, 0) is 16.0 Å². The normalized spacial score (nSPS) is 28.1. The molecule has 6 nitrogen and oxygen atoms in total. The van der Waals surface area contributed by atoms with Crippen molar-refractivity contribution in [1.29, 1.82) is 0 Å². The van der Waals surface area contributed by atoms with E-state index in [2.05, 4.69) is 10.6 Å². The van der Waals surface area contributed by atoms with Crippen LogP contribution in [0.25, 0.3) is 0 Å². The average Bonchev–Trinajstić information content (AvgIpc) is 3.44. The van der Waals surface area contributed by atoms with Crippen molar-refractivity contribution >= 4 is 34.1 Å². The van der Waals surface area contributed by atoms with Gasteiger partial charge >= 0.3 is 5.97 Å². The lowest BCUT2D eigenvalue weighted by atomic mass is 9.82. The van der Waals surface area contributed by atoms with E-state index in [4.69, 9.17) is 0 Å². The van der Waals surface area contributed by atoms with Gasteiger partial charge in [-0.3, -0.25) is 14.4 Å². The van der Waals surface area contributed by atoms with Crippen LogP contribution in [0.3, 0.4) is 0 Å². The molecule has 0 saturated heterocycles. The summed E-state index contributed by atoms with van der Waals surface area (Å²) >= 11 is 1.41. The Labute approximate surface area is 174 Å². The quantitative estimate of drug-likeness (QED) is 0.616. The smallest absolute Gasteiger partial charge is 0.307 e. The lowest BCUT2D eigenvalue weighted by Crippen LogP contribution is -2.37. The number of hydrogen-bond donors (Lipinski definition) is 3. The van der Waals surface area contributed by atoms with Crippen molar-refractivity contribution in [2.75, 3.05) is 5.32 Å². The fourth-order valence-corrected chi connectivity index (χ4v) is 6.52. The molecule has 2 fully saturated rings. The number of rotatable bonds is 6. The molecule has 1 aromatic heterocycles. The maximum Gasteiger partial charge on any atom is 0.307 e. The molecule has 4 rings (SSSR count).